The number of rotatable bonds is 3. The maximum absolute atomic E-state index is 11.5. The van der Waals surface area contributed by atoms with Gasteiger partial charge in [0.25, 0.3) is 0 Å². The number of carbonyl (C=O) groups excluding carboxylic acids is 1. The third-order valence-electron chi connectivity index (χ3n) is 4.64. The van der Waals surface area contributed by atoms with Gasteiger partial charge in [-0.15, -0.1) is 24.0 Å². The highest BCUT2D eigenvalue weighted by Crippen LogP contribution is 2.19. The Morgan fingerprint density at radius 3 is 2.38 bits per heavy atom. The third kappa shape index (κ3) is 4.87. The van der Waals surface area contributed by atoms with Crippen LogP contribution >= 0.6 is 24.0 Å². The Balaban J connectivity index is 0.00000243. The van der Waals surface area contributed by atoms with Crippen LogP contribution in [0, 0.1) is 0 Å². The summed E-state index contributed by atoms with van der Waals surface area (Å²) in [5.74, 6) is 1.08. The number of halogens is 1. The van der Waals surface area contributed by atoms with Crippen LogP contribution in [0.1, 0.15) is 19.4 Å². The van der Waals surface area contributed by atoms with Gasteiger partial charge >= 0.3 is 0 Å². The van der Waals surface area contributed by atoms with Gasteiger partial charge in [0, 0.05) is 39.6 Å². The molecule has 0 spiro atoms. The molecule has 0 saturated carbocycles. The number of aliphatic imine (C=N–C) groups is 1. The zero-order valence-corrected chi connectivity index (χ0v) is 17.8. The average molecular weight is 466 g/mol. The molecule has 2 aromatic carbocycles. The molecule has 2 aromatic rings. The van der Waals surface area contributed by atoms with Crippen LogP contribution in [-0.4, -0.2) is 54.4 Å². The van der Waals surface area contributed by atoms with Crippen LogP contribution in [0.4, 0.5) is 0 Å². The fourth-order valence-corrected chi connectivity index (χ4v) is 3.25. The molecule has 5 nitrogen and oxygen atoms in total. The fraction of sp³-hybridized carbons (Fsp3) is 0.400. The van der Waals surface area contributed by atoms with Gasteiger partial charge in [0.1, 0.15) is 0 Å². The molecule has 6 heteroatoms. The molecular formula is C20H27IN4O. The first-order valence-electron chi connectivity index (χ1n) is 8.94. The third-order valence-corrected chi connectivity index (χ3v) is 4.64. The van der Waals surface area contributed by atoms with E-state index in [1.54, 1.807) is 6.92 Å². The van der Waals surface area contributed by atoms with E-state index in [2.05, 4.69) is 59.6 Å². The number of piperazine rings is 1. The number of fused-ring (bicyclic) bond motifs is 1. The van der Waals surface area contributed by atoms with Gasteiger partial charge in [-0.2, -0.15) is 0 Å². The van der Waals surface area contributed by atoms with Crippen molar-refractivity contribution in [2.45, 2.75) is 20.4 Å². The fourth-order valence-electron chi connectivity index (χ4n) is 3.25. The highest BCUT2D eigenvalue weighted by Gasteiger charge is 2.20. The summed E-state index contributed by atoms with van der Waals surface area (Å²) in [6.45, 7) is 8.36. The van der Waals surface area contributed by atoms with Gasteiger partial charge < -0.3 is 15.1 Å². The van der Waals surface area contributed by atoms with Crippen LogP contribution < -0.4 is 5.32 Å². The molecule has 1 N–H and O–H groups in total. The topological polar surface area (TPSA) is 47.9 Å². The van der Waals surface area contributed by atoms with Crippen LogP contribution in [0.15, 0.2) is 47.5 Å². The molecule has 0 aliphatic carbocycles. The van der Waals surface area contributed by atoms with E-state index in [0.29, 0.717) is 6.54 Å². The van der Waals surface area contributed by atoms with E-state index in [9.17, 15) is 4.79 Å². The van der Waals surface area contributed by atoms with Gasteiger partial charge in [0.15, 0.2) is 5.96 Å². The Morgan fingerprint density at radius 2 is 1.69 bits per heavy atom. The smallest absolute Gasteiger partial charge is 0.219 e. The van der Waals surface area contributed by atoms with Crippen molar-refractivity contribution >= 4 is 46.6 Å². The second-order valence-electron chi connectivity index (χ2n) is 6.30. The van der Waals surface area contributed by atoms with Gasteiger partial charge in [-0.25, -0.2) is 4.99 Å². The van der Waals surface area contributed by atoms with Gasteiger partial charge in [-0.05, 0) is 23.3 Å². The van der Waals surface area contributed by atoms with Gasteiger partial charge in [-0.1, -0.05) is 42.5 Å². The van der Waals surface area contributed by atoms with Crippen LogP contribution in [0.25, 0.3) is 10.8 Å². The minimum absolute atomic E-state index is 0. The Labute approximate surface area is 172 Å². The number of hydrogen-bond donors (Lipinski definition) is 1. The van der Waals surface area contributed by atoms with Crippen molar-refractivity contribution < 1.29 is 4.79 Å². The molecule has 1 heterocycles. The van der Waals surface area contributed by atoms with E-state index < -0.39 is 0 Å². The Kier molecular flexibility index (Phi) is 7.68. The standard InChI is InChI=1S/C20H26N4O.HI/c1-3-21-20(24-13-11-23(12-14-24)16(2)25)22-15-18-9-6-8-17-7-4-5-10-19(17)18;/h4-10H,3,11-15H2,1-2H3,(H,21,22);1H. The molecule has 1 fully saturated rings. The lowest BCUT2D eigenvalue weighted by molar-refractivity contribution is -0.130. The van der Waals surface area contributed by atoms with Crippen LogP contribution in [0.3, 0.4) is 0 Å². The number of guanidine groups is 1. The van der Waals surface area contributed by atoms with Crippen molar-refractivity contribution in [2.75, 3.05) is 32.7 Å². The van der Waals surface area contributed by atoms with Crippen molar-refractivity contribution in [1.29, 1.82) is 0 Å². The summed E-state index contributed by atoms with van der Waals surface area (Å²) < 4.78 is 0. The van der Waals surface area contributed by atoms with Crippen LogP contribution in [0.2, 0.25) is 0 Å². The summed E-state index contributed by atoms with van der Waals surface area (Å²) in [7, 11) is 0. The minimum atomic E-state index is 0. The highest BCUT2D eigenvalue weighted by molar-refractivity contribution is 14.0. The normalized spacial score (nSPS) is 14.9. The number of hydrogen-bond acceptors (Lipinski definition) is 2. The molecule has 0 atom stereocenters. The largest absolute Gasteiger partial charge is 0.357 e. The quantitative estimate of drug-likeness (QED) is 0.430. The van der Waals surface area contributed by atoms with Gasteiger partial charge in [-0.3, -0.25) is 4.79 Å². The predicted octanol–water partition coefficient (Wildman–Crippen LogP) is 3.09. The first-order valence-corrected chi connectivity index (χ1v) is 8.94. The molecule has 140 valence electrons. The van der Waals surface area contributed by atoms with E-state index in [1.165, 1.54) is 16.3 Å². The minimum Gasteiger partial charge on any atom is -0.357 e. The SMILES string of the molecule is CCNC(=NCc1cccc2ccccc12)N1CCN(C(C)=O)CC1.I. The van der Waals surface area contributed by atoms with E-state index in [4.69, 9.17) is 4.99 Å². The Morgan fingerprint density at radius 1 is 1.04 bits per heavy atom. The predicted molar refractivity (Wildman–Crippen MR) is 118 cm³/mol. The van der Waals surface area contributed by atoms with Crippen LogP contribution in [0.5, 0.6) is 0 Å². The lowest BCUT2D eigenvalue weighted by Gasteiger charge is -2.36. The summed E-state index contributed by atoms with van der Waals surface area (Å²) in [5.41, 5.74) is 1.23. The number of benzene rings is 2. The van der Waals surface area contributed by atoms with Crippen molar-refractivity contribution in [3.8, 4) is 0 Å². The summed E-state index contributed by atoms with van der Waals surface area (Å²) in [4.78, 5) is 20.5. The molecular weight excluding hydrogens is 439 g/mol. The molecule has 1 aliphatic rings. The van der Waals surface area contributed by atoms with Crippen LogP contribution in [-0.2, 0) is 11.3 Å². The Hall–Kier alpha value is -1.83. The van der Waals surface area contributed by atoms with Crippen molar-refractivity contribution in [3.05, 3.63) is 48.0 Å². The molecule has 26 heavy (non-hydrogen) atoms. The number of amides is 1. The summed E-state index contributed by atoms with van der Waals surface area (Å²) in [5, 5.41) is 5.89. The molecule has 0 unspecified atom stereocenters. The van der Waals surface area contributed by atoms with Crippen molar-refractivity contribution in [2.24, 2.45) is 4.99 Å². The first-order chi connectivity index (χ1) is 12.2. The molecule has 1 saturated heterocycles. The van der Waals surface area contributed by atoms with E-state index in [1.807, 2.05) is 4.90 Å². The lowest BCUT2D eigenvalue weighted by Crippen LogP contribution is -2.53. The number of nitrogens with zero attached hydrogens (tertiary/aromatic N) is 3. The average Bonchev–Trinajstić information content (AvgIpc) is 2.65. The first kappa shape index (κ1) is 20.5. The summed E-state index contributed by atoms with van der Waals surface area (Å²) in [6, 6.07) is 14.8. The second-order valence-corrected chi connectivity index (χ2v) is 6.30. The molecule has 0 aromatic heterocycles. The number of carbonyl (C=O) groups is 1. The van der Waals surface area contributed by atoms with Gasteiger partial charge in [0.05, 0.1) is 6.54 Å². The summed E-state index contributed by atoms with van der Waals surface area (Å²) in [6.07, 6.45) is 0. The van der Waals surface area contributed by atoms with E-state index in [-0.39, 0.29) is 29.9 Å². The number of nitrogens with one attached hydrogen (secondary N) is 1. The monoisotopic (exact) mass is 466 g/mol. The molecule has 3 rings (SSSR count). The lowest BCUT2D eigenvalue weighted by atomic mass is 10.1. The molecule has 1 aliphatic heterocycles. The van der Waals surface area contributed by atoms with Gasteiger partial charge in [0.2, 0.25) is 5.91 Å². The van der Waals surface area contributed by atoms with Crippen molar-refractivity contribution in [1.82, 2.24) is 15.1 Å². The van der Waals surface area contributed by atoms with E-state index in [0.717, 1.165) is 38.7 Å². The maximum atomic E-state index is 11.5. The molecule has 1 amide bonds. The molecule has 0 radical (unpaired) electrons. The maximum Gasteiger partial charge on any atom is 0.219 e. The zero-order chi connectivity index (χ0) is 17.6. The van der Waals surface area contributed by atoms with E-state index >= 15 is 0 Å². The Bertz CT molecular complexity index is 764. The highest BCUT2D eigenvalue weighted by atomic mass is 127. The summed E-state index contributed by atoms with van der Waals surface area (Å²) >= 11 is 0. The molecule has 0 bridgehead atoms. The van der Waals surface area contributed by atoms with Crippen molar-refractivity contribution in [3.63, 3.8) is 0 Å². The zero-order valence-electron chi connectivity index (χ0n) is 15.4. The second kappa shape index (κ2) is 9.75.